The molecule has 0 radical (unpaired) electrons. The smallest absolute Gasteiger partial charge is 0.330 e. The summed E-state index contributed by atoms with van der Waals surface area (Å²) >= 11 is 0. The van der Waals surface area contributed by atoms with Gasteiger partial charge in [-0.25, -0.2) is 9.78 Å². The molecule has 0 aliphatic heterocycles. The number of carbonyl (C=O) groups excluding carboxylic acids is 1. The number of benzene rings is 1. The van der Waals surface area contributed by atoms with Crippen LogP contribution < -0.4 is 16.6 Å². The molecule has 0 unspecified atom stereocenters. The van der Waals surface area contributed by atoms with Crippen molar-refractivity contribution in [1.82, 2.24) is 24.8 Å². The third-order valence-corrected chi connectivity index (χ3v) is 4.15. The molecule has 130 valence electrons. The van der Waals surface area contributed by atoms with E-state index < -0.39 is 11.2 Å². The van der Waals surface area contributed by atoms with E-state index in [1.54, 1.807) is 18.2 Å². The number of rotatable bonds is 4. The van der Waals surface area contributed by atoms with Gasteiger partial charge in [-0.3, -0.25) is 19.1 Å². The van der Waals surface area contributed by atoms with E-state index in [1.165, 1.54) is 6.20 Å². The summed E-state index contributed by atoms with van der Waals surface area (Å²) in [4.78, 5) is 46.3. The molecule has 3 N–H and O–H groups in total. The first-order valence-corrected chi connectivity index (χ1v) is 8.07. The first kappa shape index (κ1) is 15.8. The van der Waals surface area contributed by atoms with Crippen molar-refractivity contribution in [2.24, 2.45) is 0 Å². The molecule has 0 saturated heterocycles. The second-order valence-corrected chi connectivity index (χ2v) is 5.81. The molecule has 8 heteroatoms. The fourth-order valence-corrected chi connectivity index (χ4v) is 2.86. The van der Waals surface area contributed by atoms with Gasteiger partial charge in [0.25, 0.3) is 11.5 Å². The minimum atomic E-state index is -0.555. The largest absolute Gasteiger partial charge is 0.351 e. The lowest BCUT2D eigenvalue weighted by atomic mass is 10.2. The summed E-state index contributed by atoms with van der Waals surface area (Å²) in [6, 6.07) is 12.5. The molecule has 3 heterocycles. The van der Waals surface area contributed by atoms with E-state index in [9.17, 15) is 14.4 Å². The topological polar surface area (TPSA) is 113 Å². The molecule has 1 aromatic carbocycles. The second kappa shape index (κ2) is 6.32. The number of nitrogens with zero attached hydrogens (tertiary/aromatic N) is 2. The van der Waals surface area contributed by atoms with Crippen molar-refractivity contribution in [2.45, 2.75) is 6.54 Å². The van der Waals surface area contributed by atoms with Gasteiger partial charge in [0.1, 0.15) is 11.3 Å². The van der Waals surface area contributed by atoms with Crippen molar-refractivity contribution in [2.75, 3.05) is 6.54 Å². The average Bonchev–Trinajstić information content (AvgIpc) is 3.08. The lowest BCUT2D eigenvalue weighted by Gasteiger charge is -2.07. The summed E-state index contributed by atoms with van der Waals surface area (Å²) in [7, 11) is 0. The van der Waals surface area contributed by atoms with Crippen LogP contribution in [0.2, 0.25) is 0 Å². The number of para-hydroxylation sites is 1. The molecule has 8 nitrogen and oxygen atoms in total. The van der Waals surface area contributed by atoms with Crippen LogP contribution in [0.3, 0.4) is 0 Å². The summed E-state index contributed by atoms with van der Waals surface area (Å²) in [5.74, 6) is -0.298. The standard InChI is InChI=1S/C18H15N5O3/c24-16(14-10-11-4-1-2-6-13(11)21-14)20-8-9-23-17(25)12-5-3-7-19-15(12)22-18(23)26/h1-7,10,21H,8-9H2,(H,20,24)(H,19,22,26). The summed E-state index contributed by atoms with van der Waals surface area (Å²) in [5.41, 5.74) is 0.557. The number of hydrogen-bond acceptors (Lipinski definition) is 4. The highest BCUT2D eigenvalue weighted by Crippen LogP contribution is 2.14. The van der Waals surface area contributed by atoms with E-state index in [2.05, 4.69) is 20.3 Å². The quantitative estimate of drug-likeness (QED) is 0.510. The summed E-state index contributed by atoms with van der Waals surface area (Å²) in [6.07, 6.45) is 1.50. The SMILES string of the molecule is O=C(NCCn1c(=O)[nH]c2ncccc2c1=O)c1cc2ccccc2[nH]1. The van der Waals surface area contributed by atoms with E-state index in [1.807, 2.05) is 24.3 Å². The Morgan fingerprint density at radius 1 is 1.12 bits per heavy atom. The molecule has 1 amide bonds. The molecular formula is C18H15N5O3. The zero-order valence-electron chi connectivity index (χ0n) is 13.7. The van der Waals surface area contributed by atoms with E-state index in [0.717, 1.165) is 15.5 Å². The van der Waals surface area contributed by atoms with Crippen LogP contribution in [0.4, 0.5) is 0 Å². The number of H-pyrrole nitrogens is 2. The molecule has 0 fully saturated rings. The predicted octanol–water partition coefficient (Wildman–Crippen LogP) is 0.996. The molecule has 26 heavy (non-hydrogen) atoms. The lowest BCUT2D eigenvalue weighted by molar-refractivity contribution is 0.0948. The monoisotopic (exact) mass is 349 g/mol. The van der Waals surface area contributed by atoms with Crippen LogP contribution >= 0.6 is 0 Å². The molecule has 0 aliphatic rings. The first-order valence-electron chi connectivity index (χ1n) is 8.07. The van der Waals surface area contributed by atoms with Crippen LogP contribution in [0, 0.1) is 0 Å². The predicted molar refractivity (Wildman–Crippen MR) is 97.3 cm³/mol. The van der Waals surface area contributed by atoms with Gasteiger partial charge in [-0.1, -0.05) is 18.2 Å². The average molecular weight is 349 g/mol. The van der Waals surface area contributed by atoms with Gasteiger partial charge >= 0.3 is 5.69 Å². The minimum Gasteiger partial charge on any atom is -0.351 e. The second-order valence-electron chi connectivity index (χ2n) is 5.81. The van der Waals surface area contributed by atoms with E-state index in [0.29, 0.717) is 11.1 Å². The van der Waals surface area contributed by atoms with Crippen molar-refractivity contribution < 1.29 is 4.79 Å². The van der Waals surface area contributed by atoms with Crippen LogP contribution in [-0.4, -0.2) is 32.0 Å². The number of pyridine rings is 1. The zero-order valence-corrected chi connectivity index (χ0v) is 13.7. The van der Waals surface area contributed by atoms with Gasteiger partial charge in [-0.15, -0.1) is 0 Å². The highest BCUT2D eigenvalue weighted by Gasteiger charge is 2.11. The summed E-state index contributed by atoms with van der Waals surface area (Å²) in [5, 5.41) is 3.98. The van der Waals surface area contributed by atoms with Crippen molar-refractivity contribution in [1.29, 1.82) is 0 Å². The summed E-state index contributed by atoms with van der Waals surface area (Å²) in [6.45, 7) is 0.202. The zero-order chi connectivity index (χ0) is 18.1. The molecule has 0 spiro atoms. The Bertz CT molecular complexity index is 1200. The maximum atomic E-state index is 12.4. The Morgan fingerprint density at radius 3 is 2.81 bits per heavy atom. The normalized spacial score (nSPS) is 11.1. The lowest BCUT2D eigenvalue weighted by Crippen LogP contribution is -2.39. The Hall–Kier alpha value is -3.68. The third kappa shape index (κ3) is 2.77. The number of carbonyl (C=O) groups is 1. The van der Waals surface area contributed by atoms with Crippen molar-refractivity contribution in [3.63, 3.8) is 0 Å². The van der Waals surface area contributed by atoms with Gasteiger partial charge in [-0.2, -0.15) is 0 Å². The number of hydrogen-bond donors (Lipinski definition) is 3. The molecule has 4 rings (SSSR count). The van der Waals surface area contributed by atoms with E-state index in [4.69, 9.17) is 0 Å². The summed E-state index contributed by atoms with van der Waals surface area (Å²) < 4.78 is 1.05. The van der Waals surface area contributed by atoms with Gasteiger partial charge in [0.15, 0.2) is 0 Å². The highest BCUT2D eigenvalue weighted by atomic mass is 16.2. The molecule has 0 atom stereocenters. The van der Waals surface area contributed by atoms with Crippen LogP contribution in [0.15, 0.2) is 58.3 Å². The van der Waals surface area contributed by atoms with Gasteiger partial charge in [0, 0.05) is 30.2 Å². The molecule has 0 bridgehead atoms. The van der Waals surface area contributed by atoms with Crippen molar-refractivity contribution in [3.8, 4) is 0 Å². The van der Waals surface area contributed by atoms with Gasteiger partial charge in [0.05, 0.1) is 5.39 Å². The van der Waals surface area contributed by atoms with Crippen LogP contribution in [0.5, 0.6) is 0 Å². The third-order valence-electron chi connectivity index (χ3n) is 4.15. The number of nitrogens with one attached hydrogen (secondary N) is 3. The van der Waals surface area contributed by atoms with E-state index in [-0.39, 0.29) is 24.6 Å². The molecule has 4 aromatic rings. The first-order chi connectivity index (χ1) is 12.6. The number of amides is 1. The van der Waals surface area contributed by atoms with Crippen molar-refractivity contribution in [3.05, 3.63) is 75.2 Å². The fraction of sp³-hybridized carbons (Fsp3) is 0.111. The Balaban J connectivity index is 1.51. The Labute approximate surface area is 146 Å². The molecule has 3 aromatic heterocycles. The number of fused-ring (bicyclic) bond motifs is 2. The minimum absolute atomic E-state index is 0.0605. The molecular weight excluding hydrogens is 334 g/mol. The molecule has 0 saturated carbocycles. The van der Waals surface area contributed by atoms with Crippen LogP contribution in [-0.2, 0) is 6.54 Å². The van der Waals surface area contributed by atoms with Crippen LogP contribution in [0.1, 0.15) is 10.5 Å². The Morgan fingerprint density at radius 2 is 1.96 bits per heavy atom. The van der Waals surface area contributed by atoms with Gasteiger partial charge in [0.2, 0.25) is 0 Å². The van der Waals surface area contributed by atoms with Gasteiger partial charge in [-0.05, 0) is 24.3 Å². The maximum Gasteiger partial charge on any atom is 0.330 e. The number of aromatic amines is 2. The number of aromatic nitrogens is 4. The highest BCUT2D eigenvalue weighted by molar-refractivity contribution is 5.97. The molecule has 0 aliphatic carbocycles. The van der Waals surface area contributed by atoms with Gasteiger partial charge < -0.3 is 10.3 Å². The fourth-order valence-electron chi connectivity index (χ4n) is 2.86. The van der Waals surface area contributed by atoms with Crippen molar-refractivity contribution >= 4 is 27.8 Å². The van der Waals surface area contributed by atoms with Crippen LogP contribution in [0.25, 0.3) is 21.9 Å². The maximum absolute atomic E-state index is 12.4. The Kier molecular flexibility index (Phi) is 3.85. The van der Waals surface area contributed by atoms with E-state index >= 15 is 0 Å².